The minimum atomic E-state index is 0. The molecule has 0 aliphatic heterocycles. The zero-order chi connectivity index (χ0) is 6.62. The summed E-state index contributed by atoms with van der Waals surface area (Å²) in [5.74, 6) is 0. The van der Waals surface area contributed by atoms with Crippen LogP contribution in [0.3, 0.4) is 0 Å². The van der Waals surface area contributed by atoms with E-state index in [-0.39, 0.29) is 12.4 Å². The monoisotopic (exact) mass is 219 g/mol. The van der Waals surface area contributed by atoms with Crippen LogP contribution in [0.15, 0.2) is 0 Å². The average molecular weight is 219 g/mol. The molecule has 0 fully saturated rings. The standard InChI is InChI=1S/C5H13NOSe.ClH/c1-6(2,3)4-5-7-8;/h4-5H2,1-3H3;1H. The first-order valence-corrected chi connectivity index (χ1v) is 3.40. The van der Waals surface area contributed by atoms with Gasteiger partial charge in [0.15, 0.2) is 0 Å². The van der Waals surface area contributed by atoms with Crippen LogP contribution in [-0.2, 0) is 3.82 Å². The Bertz CT molecular complexity index is 64.5. The Morgan fingerprint density at radius 2 is 1.78 bits per heavy atom. The first-order valence-electron chi connectivity index (χ1n) is 2.63. The Balaban J connectivity index is 0. The molecule has 0 saturated heterocycles. The summed E-state index contributed by atoms with van der Waals surface area (Å²) in [5.41, 5.74) is 0. The number of nitrogens with zero attached hydrogens (tertiary/aromatic N) is 1. The van der Waals surface area contributed by atoms with E-state index in [4.69, 9.17) is 3.82 Å². The van der Waals surface area contributed by atoms with E-state index in [1.807, 2.05) is 0 Å². The molecular weight excluding hydrogens is 204 g/mol. The second-order valence-corrected chi connectivity index (χ2v) is 3.39. The third kappa shape index (κ3) is 12.0. The summed E-state index contributed by atoms with van der Waals surface area (Å²) in [4.78, 5) is 0. The van der Waals surface area contributed by atoms with E-state index >= 15 is 0 Å². The zero-order valence-corrected chi connectivity index (χ0v) is 8.73. The summed E-state index contributed by atoms with van der Waals surface area (Å²) in [6.45, 7) is 1.89. The Morgan fingerprint density at radius 3 is 1.89 bits per heavy atom. The molecule has 0 spiro atoms. The molecule has 0 radical (unpaired) electrons. The van der Waals surface area contributed by atoms with Gasteiger partial charge in [0.25, 0.3) is 0 Å². The normalized spacial score (nSPS) is 10.7. The predicted octanol–water partition coefficient (Wildman–Crippen LogP) is -3.47. The molecule has 0 heterocycles. The van der Waals surface area contributed by atoms with Gasteiger partial charge < -0.3 is 12.4 Å². The molecule has 0 unspecified atom stereocenters. The van der Waals surface area contributed by atoms with E-state index < -0.39 is 0 Å². The maximum absolute atomic E-state index is 4.84. The van der Waals surface area contributed by atoms with Gasteiger partial charge in [-0.05, 0) is 0 Å². The molecule has 0 N–H and O–H groups in total. The summed E-state index contributed by atoms with van der Waals surface area (Å²) in [7, 11) is 6.43. The van der Waals surface area contributed by atoms with E-state index in [1.54, 1.807) is 0 Å². The molecule has 9 heavy (non-hydrogen) atoms. The quantitative estimate of drug-likeness (QED) is 0.353. The Morgan fingerprint density at radius 1 is 1.33 bits per heavy atom. The summed E-state index contributed by atoms with van der Waals surface area (Å²) < 4.78 is 5.81. The molecule has 0 amide bonds. The number of rotatable bonds is 3. The molecule has 0 saturated carbocycles. The summed E-state index contributed by atoms with van der Waals surface area (Å²) in [6, 6.07) is 0. The van der Waals surface area contributed by atoms with E-state index in [0.717, 1.165) is 17.6 Å². The van der Waals surface area contributed by atoms with Gasteiger partial charge in [0, 0.05) is 0 Å². The van der Waals surface area contributed by atoms with Crippen LogP contribution in [0, 0.1) is 0 Å². The van der Waals surface area contributed by atoms with Crippen molar-refractivity contribution in [3.63, 3.8) is 0 Å². The van der Waals surface area contributed by atoms with E-state index in [0.29, 0.717) is 0 Å². The molecule has 2 nitrogen and oxygen atoms in total. The third-order valence-corrected chi connectivity index (χ3v) is 1.24. The van der Waals surface area contributed by atoms with Crippen LogP contribution in [0.1, 0.15) is 0 Å². The molecule has 0 atom stereocenters. The number of likely N-dealkylation sites (N-methyl/N-ethyl adjacent to an activating group) is 1. The van der Waals surface area contributed by atoms with Crippen molar-refractivity contribution in [2.45, 2.75) is 0 Å². The molecule has 58 valence electrons. The van der Waals surface area contributed by atoms with Gasteiger partial charge in [0.2, 0.25) is 0 Å². The van der Waals surface area contributed by atoms with Gasteiger partial charge in [-0.25, -0.2) is 0 Å². The van der Waals surface area contributed by atoms with Gasteiger partial charge >= 0.3 is 58.9 Å². The first kappa shape index (κ1) is 12.4. The maximum atomic E-state index is 4.84. The van der Waals surface area contributed by atoms with Crippen molar-refractivity contribution >= 4 is 16.3 Å². The molecule has 0 aromatic rings. The summed E-state index contributed by atoms with van der Waals surface area (Å²) >= 11 is 2.12. The van der Waals surface area contributed by atoms with Crippen molar-refractivity contribution in [1.82, 2.24) is 0 Å². The second-order valence-electron chi connectivity index (χ2n) is 2.85. The fraction of sp³-hybridized carbons (Fsp3) is 1.00. The van der Waals surface area contributed by atoms with Crippen LogP contribution in [0.2, 0.25) is 0 Å². The van der Waals surface area contributed by atoms with Gasteiger partial charge in [-0.2, -0.15) is 0 Å². The number of hydrogen-bond donors (Lipinski definition) is 0. The second kappa shape index (κ2) is 5.51. The smallest absolute Gasteiger partial charge is 1.00 e. The Hall–Kier alpha value is 0.729. The van der Waals surface area contributed by atoms with Crippen LogP contribution in [0.4, 0.5) is 0 Å². The molecule has 0 rings (SSSR count). The Kier molecular flexibility index (Phi) is 7.60. The zero-order valence-electron chi connectivity index (χ0n) is 6.09. The van der Waals surface area contributed by atoms with Crippen LogP contribution in [-0.4, -0.2) is 55.1 Å². The van der Waals surface area contributed by atoms with Crippen molar-refractivity contribution in [2.24, 2.45) is 0 Å². The van der Waals surface area contributed by atoms with E-state index in [1.165, 1.54) is 0 Å². The van der Waals surface area contributed by atoms with Crippen molar-refractivity contribution in [3.8, 4) is 0 Å². The fourth-order valence-electron chi connectivity index (χ4n) is 0.315. The number of halogens is 1. The average Bonchev–Trinajstić information content (AvgIpc) is 1.59. The van der Waals surface area contributed by atoms with Gasteiger partial charge in [0.05, 0.1) is 0 Å². The fourth-order valence-corrected chi connectivity index (χ4v) is 0.486. The van der Waals surface area contributed by atoms with Crippen LogP contribution >= 0.6 is 0 Å². The van der Waals surface area contributed by atoms with Gasteiger partial charge in [-0.1, -0.05) is 0 Å². The van der Waals surface area contributed by atoms with Crippen molar-refractivity contribution in [3.05, 3.63) is 0 Å². The minimum Gasteiger partial charge on any atom is -1.00 e. The minimum absolute atomic E-state index is 0. The number of hydrogen-bond acceptors (Lipinski definition) is 1. The Labute approximate surface area is 71.7 Å². The molecule has 0 aliphatic carbocycles. The van der Waals surface area contributed by atoms with Crippen molar-refractivity contribution in [1.29, 1.82) is 0 Å². The van der Waals surface area contributed by atoms with E-state index in [2.05, 4.69) is 37.5 Å². The van der Waals surface area contributed by atoms with Crippen LogP contribution < -0.4 is 12.4 Å². The van der Waals surface area contributed by atoms with Gasteiger partial charge in [-0.15, -0.1) is 0 Å². The SMILES string of the molecule is C[N+](C)(C)CCO[SeH].[Cl-]. The first-order chi connectivity index (χ1) is 3.56. The topological polar surface area (TPSA) is 9.23 Å². The van der Waals surface area contributed by atoms with E-state index in [9.17, 15) is 0 Å². The molecular formula is C5H14ClNOSe. The van der Waals surface area contributed by atoms with Crippen LogP contribution in [0.25, 0.3) is 0 Å². The van der Waals surface area contributed by atoms with Crippen LogP contribution in [0.5, 0.6) is 0 Å². The largest absolute Gasteiger partial charge is 1.00 e. The summed E-state index contributed by atoms with van der Waals surface area (Å²) in [5, 5.41) is 0. The van der Waals surface area contributed by atoms with Crippen molar-refractivity contribution in [2.75, 3.05) is 34.3 Å². The van der Waals surface area contributed by atoms with Gasteiger partial charge in [0.1, 0.15) is 0 Å². The summed E-state index contributed by atoms with van der Waals surface area (Å²) in [6.07, 6.45) is 0. The van der Waals surface area contributed by atoms with Crippen molar-refractivity contribution < 1.29 is 20.7 Å². The van der Waals surface area contributed by atoms with Gasteiger partial charge in [-0.3, -0.25) is 0 Å². The molecule has 0 bridgehead atoms. The predicted molar refractivity (Wildman–Crippen MR) is 36.0 cm³/mol. The molecule has 4 heteroatoms. The molecule has 0 aromatic heterocycles. The molecule has 0 aliphatic rings. The number of quaternary nitrogens is 1. The third-order valence-electron chi connectivity index (χ3n) is 0.853. The maximum Gasteiger partial charge on any atom is -1.00 e. The molecule has 0 aromatic carbocycles.